The molecule has 0 bridgehead atoms. The Bertz CT molecular complexity index is 1280. The first-order valence-electron chi connectivity index (χ1n) is 11.4. The van der Waals surface area contributed by atoms with Gasteiger partial charge < -0.3 is 14.4 Å². The molecule has 0 unspecified atom stereocenters. The average Bonchev–Trinajstić information content (AvgIpc) is 2.89. The van der Waals surface area contributed by atoms with Crippen molar-refractivity contribution in [2.45, 2.75) is 24.9 Å². The first-order chi connectivity index (χ1) is 16.9. The summed E-state index contributed by atoms with van der Waals surface area (Å²) in [5, 5.41) is 0. The molecule has 4 rings (SSSR count). The summed E-state index contributed by atoms with van der Waals surface area (Å²) in [6.45, 7) is 3.90. The molecule has 0 spiro atoms. The number of pyridine rings is 1. The molecule has 2 heterocycles. The van der Waals surface area contributed by atoms with E-state index in [4.69, 9.17) is 9.47 Å². The number of carbonyl (C=O) groups is 1. The second-order valence-electron chi connectivity index (χ2n) is 8.33. The van der Waals surface area contributed by atoms with Gasteiger partial charge in [-0.3, -0.25) is 9.78 Å². The molecule has 0 saturated carbocycles. The van der Waals surface area contributed by atoms with Crippen molar-refractivity contribution in [2.24, 2.45) is 0 Å². The SMILES string of the molecule is COc1ccc(S(=O)(=O)N2CCOCC2)cc1C(=O)N(Cc1cccnc1)Cc1ccccc1C. The summed E-state index contributed by atoms with van der Waals surface area (Å²) >= 11 is 0. The van der Waals surface area contributed by atoms with E-state index in [0.717, 1.165) is 16.7 Å². The van der Waals surface area contributed by atoms with Crippen LogP contribution in [0.25, 0.3) is 0 Å². The summed E-state index contributed by atoms with van der Waals surface area (Å²) in [6, 6.07) is 16.0. The standard InChI is InChI=1S/C26H29N3O5S/c1-20-6-3-4-8-22(20)19-28(18-21-7-5-11-27-17-21)26(30)24-16-23(9-10-25(24)33-2)35(31,32)29-12-14-34-15-13-29/h3-11,16-17H,12-15,18-19H2,1-2H3. The molecule has 3 aromatic rings. The number of hydrogen-bond donors (Lipinski definition) is 0. The van der Waals surface area contributed by atoms with E-state index < -0.39 is 10.0 Å². The molecule has 0 aliphatic carbocycles. The Morgan fingerprint density at radius 1 is 1.09 bits per heavy atom. The first-order valence-corrected chi connectivity index (χ1v) is 12.8. The van der Waals surface area contributed by atoms with E-state index in [1.807, 2.05) is 43.3 Å². The van der Waals surface area contributed by atoms with Gasteiger partial charge in [-0.25, -0.2) is 8.42 Å². The lowest BCUT2D eigenvalue weighted by atomic mass is 10.1. The summed E-state index contributed by atoms with van der Waals surface area (Å²) < 4.78 is 38.6. The van der Waals surface area contributed by atoms with Crippen molar-refractivity contribution in [3.63, 3.8) is 0 Å². The predicted molar refractivity (Wildman–Crippen MR) is 132 cm³/mol. The van der Waals surface area contributed by atoms with Gasteiger partial charge in [0.05, 0.1) is 30.8 Å². The van der Waals surface area contributed by atoms with Crippen LogP contribution < -0.4 is 4.74 Å². The lowest BCUT2D eigenvalue weighted by Gasteiger charge is -2.27. The fourth-order valence-corrected chi connectivity index (χ4v) is 5.46. The normalized spacial score (nSPS) is 14.5. The Labute approximate surface area is 206 Å². The largest absolute Gasteiger partial charge is 0.496 e. The van der Waals surface area contributed by atoms with Crippen molar-refractivity contribution in [1.29, 1.82) is 0 Å². The van der Waals surface area contributed by atoms with Crippen LogP contribution in [-0.2, 0) is 27.8 Å². The second-order valence-corrected chi connectivity index (χ2v) is 10.3. The average molecular weight is 496 g/mol. The number of sulfonamides is 1. The van der Waals surface area contributed by atoms with Gasteiger partial charge in [0, 0.05) is 38.6 Å². The van der Waals surface area contributed by atoms with Crippen LogP contribution in [0.2, 0.25) is 0 Å². The Balaban J connectivity index is 1.72. The van der Waals surface area contributed by atoms with E-state index in [-0.39, 0.29) is 29.5 Å². The van der Waals surface area contributed by atoms with E-state index in [0.29, 0.717) is 32.1 Å². The zero-order chi connectivity index (χ0) is 24.8. The maximum absolute atomic E-state index is 13.9. The van der Waals surface area contributed by atoms with Crippen molar-refractivity contribution >= 4 is 15.9 Å². The second kappa shape index (κ2) is 11.0. The lowest BCUT2D eigenvalue weighted by Crippen LogP contribution is -2.40. The van der Waals surface area contributed by atoms with Crippen LogP contribution in [0, 0.1) is 6.92 Å². The van der Waals surface area contributed by atoms with Crippen molar-refractivity contribution in [3.8, 4) is 5.75 Å². The van der Waals surface area contributed by atoms with Crippen molar-refractivity contribution in [3.05, 3.63) is 89.2 Å². The monoisotopic (exact) mass is 495 g/mol. The molecule has 1 aliphatic heterocycles. The molecule has 1 fully saturated rings. The molecule has 35 heavy (non-hydrogen) atoms. The quantitative estimate of drug-likeness (QED) is 0.477. The molecule has 9 heteroatoms. The van der Waals surface area contributed by atoms with Gasteiger partial charge in [0.15, 0.2) is 0 Å². The molecule has 1 amide bonds. The number of hydrogen-bond acceptors (Lipinski definition) is 6. The number of ether oxygens (including phenoxy) is 2. The highest BCUT2D eigenvalue weighted by Crippen LogP contribution is 2.27. The fourth-order valence-electron chi connectivity index (χ4n) is 4.03. The molecule has 8 nitrogen and oxygen atoms in total. The molecule has 0 atom stereocenters. The van der Waals surface area contributed by atoms with Gasteiger partial charge >= 0.3 is 0 Å². The molecule has 0 N–H and O–H groups in total. The van der Waals surface area contributed by atoms with Gasteiger partial charge in [-0.05, 0) is 47.9 Å². The number of carbonyl (C=O) groups excluding carboxylic acids is 1. The van der Waals surface area contributed by atoms with Gasteiger partial charge in [-0.2, -0.15) is 4.31 Å². The Morgan fingerprint density at radius 2 is 1.86 bits per heavy atom. The number of benzene rings is 2. The summed E-state index contributed by atoms with van der Waals surface area (Å²) in [7, 11) is -2.31. The summed E-state index contributed by atoms with van der Waals surface area (Å²) in [4.78, 5) is 19.8. The van der Waals surface area contributed by atoms with Crippen LogP contribution in [0.5, 0.6) is 5.75 Å². The Morgan fingerprint density at radius 3 is 2.54 bits per heavy atom. The van der Waals surface area contributed by atoms with Gasteiger partial charge in [0.2, 0.25) is 10.0 Å². The van der Waals surface area contributed by atoms with E-state index >= 15 is 0 Å². The van der Waals surface area contributed by atoms with E-state index in [1.54, 1.807) is 17.3 Å². The number of morpholine rings is 1. The van der Waals surface area contributed by atoms with Crippen LogP contribution >= 0.6 is 0 Å². The van der Waals surface area contributed by atoms with E-state index in [1.165, 1.54) is 29.6 Å². The predicted octanol–water partition coefficient (Wildman–Crippen LogP) is 3.26. The molecule has 1 saturated heterocycles. The van der Waals surface area contributed by atoms with E-state index in [2.05, 4.69) is 4.98 Å². The van der Waals surface area contributed by atoms with Crippen molar-refractivity contribution < 1.29 is 22.7 Å². The third kappa shape index (κ3) is 5.70. The molecule has 0 radical (unpaired) electrons. The van der Waals surface area contributed by atoms with Crippen LogP contribution in [0.15, 0.2) is 71.9 Å². The maximum atomic E-state index is 13.9. The fraction of sp³-hybridized carbons (Fsp3) is 0.308. The number of amides is 1. The third-order valence-corrected chi connectivity index (χ3v) is 7.91. The third-order valence-electron chi connectivity index (χ3n) is 6.02. The highest BCUT2D eigenvalue weighted by Gasteiger charge is 2.29. The van der Waals surface area contributed by atoms with Gasteiger partial charge in [0.1, 0.15) is 5.75 Å². The highest BCUT2D eigenvalue weighted by molar-refractivity contribution is 7.89. The number of aromatic nitrogens is 1. The number of nitrogens with zero attached hydrogens (tertiary/aromatic N) is 3. The summed E-state index contributed by atoms with van der Waals surface area (Å²) in [6.07, 6.45) is 3.40. The van der Waals surface area contributed by atoms with Gasteiger partial charge in [-0.15, -0.1) is 0 Å². The summed E-state index contributed by atoms with van der Waals surface area (Å²) in [5.41, 5.74) is 3.12. The van der Waals surface area contributed by atoms with Crippen molar-refractivity contribution in [2.75, 3.05) is 33.4 Å². The van der Waals surface area contributed by atoms with Gasteiger partial charge in [-0.1, -0.05) is 30.3 Å². The minimum atomic E-state index is -3.78. The molecule has 1 aromatic heterocycles. The topological polar surface area (TPSA) is 89.0 Å². The molecule has 2 aromatic carbocycles. The number of rotatable bonds is 8. The van der Waals surface area contributed by atoms with Crippen molar-refractivity contribution in [1.82, 2.24) is 14.2 Å². The van der Waals surface area contributed by atoms with E-state index in [9.17, 15) is 13.2 Å². The number of aryl methyl sites for hydroxylation is 1. The Hall–Kier alpha value is -3.27. The minimum absolute atomic E-state index is 0.0563. The van der Waals surface area contributed by atoms with Crippen LogP contribution in [-0.4, -0.2) is 61.9 Å². The van der Waals surface area contributed by atoms with Crippen LogP contribution in [0.3, 0.4) is 0 Å². The Kier molecular flexibility index (Phi) is 7.80. The molecule has 1 aliphatic rings. The summed E-state index contributed by atoms with van der Waals surface area (Å²) in [5.74, 6) is -0.00937. The maximum Gasteiger partial charge on any atom is 0.258 e. The zero-order valence-electron chi connectivity index (χ0n) is 19.9. The van der Waals surface area contributed by atoms with Gasteiger partial charge in [0.25, 0.3) is 5.91 Å². The molecule has 184 valence electrons. The van der Waals surface area contributed by atoms with Crippen LogP contribution in [0.4, 0.5) is 0 Å². The zero-order valence-corrected chi connectivity index (χ0v) is 20.7. The lowest BCUT2D eigenvalue weighted by molar-refractivity contribution is 0.0722. The minimum Gasteiger partial charge on any atom is -0.496 e. The number of methoxy groups -OCH3 is 1. The molecular weight excluding hydrogens is 466 g/mol. The van der Waals surface area contributed by atoms with Crippen LogP contribution in [0.1, 0.15) is 27.0 Å². The first kappa shape index (κ1) is 24.8. The smallest absolute Gasteiger partial charge is 0.258 e. The molecular formula is C26H29N3O5S. The highest BCUT2D eigenvalue weighted by atomic mass is 32.2.